The van der Waals surface area contributed by atoms with Crippen molar-refractivity contribution < 1.29 is 0 Å². The van der Waals surface area contributed by atoms with Crippen molar-refractivity contribution in [2.75, 3.05) is 0 Å². The van der Waals surface area contributed by atoms with Crippen molar-refractivity contribution >= 4 is 0 Å². The van der Waals surface area contributed by atoms with Crippen LogP contribution in [0.3, 0.4) is 0 Å². The molecule has 10 fully saturated rings. The van der Waals surface area contributed by atoms with Crippen molar-refractivity contribution in [1.82, 2.24) is 0 Å². The van der Waals surface area contributed by atoms with Crippen LogP contribution in [0, 0.1) is 130 Å². The minimum Gasteiger partial charge on any atom is -0.0882 e. The van der Waals surface area contributed by atoms with E-state index in [4.69, 9.17) is 0 Å². The van der Waals surface area contributed by atoms with E-state index >= 15 is 0 Å². The zero-order valence-electron chi connectivity index (χ0n) is 37.1. The zero-order valence-corrected chi connectivity index (χ0v) is 37.1. The molecule has 22 atom stereocenters. The molecule has 0 radical (unpaired) electrons. The molecule has 11 aliphatic carbocycles. The maximum atomic E-state index is 2.73. The van der Waals surface area contributed by atoms with E-state index in [-0.39, 0.29) is 7.43 Å². The Kier molecular flexibility index (Phi) is 12.5. The molecule has 0 aromatic rings. The van der Waals surface area contributed by atoms with Crippen molar-refractivity contribution in [3.63, 3.8) is 0 Å². The van der Waals surface area contributed by atoms with Gasteiger partial charge in [-0.25, -0.2) is 0 Å². The van der Waals surface area contributed by atoms with Crippen LogP contribution in [-0.4, -0.2) is 0 Å². The van der Waals surface area contributed by atoms with Gasteiger partial charge in [-0.3, -0.25) is 0 Å². The van der Waals surface area contributed by atoms with Crippen molar-refractivity contribution in [2.45, 2.75) is 214 Å². The fourth-order valence-electron chi connectivity index (χ4n) is 21.5. The maximum Gasteiger partial charge on any atom is -0.0312 e. The summed E-state index contributed by atoms with van der Waals surface area (Å²) in [4.78, 5) is 0. The van der Waals surface area contributed by atoms with E-state index in [0.717, 1.165) is 118 Å². The second-order valence-electron chi connectivity index (χ2n) is 24.9. The van der Waals surface area contributed by atoms with Crippen LogP contribution in [0.5, 0.6) is 0 Å². The molecule has 57 heavy (non-hydrogen) atoms. The highest BCUT2D eigenvalue weighted by molar-refractivity contribution is 5.11. The molecule has 0 spiro atoms. The summed E-state index contributed by atoms with van der Waals surface area (Å²) in [6, 6.07) is 0. The second-order valence-corrected chi connectivity index (χ2v) is 24.9. The van der Waals surface area contributed by atoms with Gasteiger partial charge in [0, 0.05) is 0 Å². The Morgan fingerprint density at radius 2 is 0.807 bits per heavy atom. The second kappa shape index (κ2) is 17.5. The Hall–Kier alpha value is -0.260. The van der Waals surface area contributed by atoms with E-state index in [0.29, 0.717) is 0 Å². The van der Waals surface area contributed by atoms with Gasteiger partial charge in [-0.1, -0.05) is 143 Å². The fourth-order valence-corrected chi connectivity index (χ4v) is 21.5. The van der Waals surface area contributed by atoms with Crippen molar-refractivity contribution in [3.8, 4) is 0 Å². The van der Waals surface area contributed by atoms with Gasteiger partial charge in [-0.15, -0.1) is 0 Å². The average Bonchev–Trinajstić information content (AvgIpc) is 3.92. The minimum atomic E-state index is 0. The van der Waals surface area contributed by atoms with Crippen molar-refractivity contribution in [3.05, 3.63) is 12.2 Å². The first-order valence-electron chi connectivity index (χ1n) is 27.3. The van der Waals surface area contributed by atoms with E-state index in [1.165, 1.54) is 43.9 Å². The van der Waals surface area contributed by atoms with Gasteiger partial charge in [0.15, 0.2) is 0 Å². The number of allylic oxidation sites excluding steroid dienone is 2. The lowest BCUT2D eigenvalue weighted by molar-refractivity contribution is -0.0772. The highest BCUT2D eigenvalue weighted by atomic mass is 14.6. The van der Waals surface area contributed by atoms with Crippen LogP contribution < -0.4 is 0 Å². The van der Waals surface area contributed by atoms with Crippen LogP contribution in [-0.2, 0) is 0 Å². The number of rotatable bonds is 7. The predicted molar refractivity (Wildman–Crippen MR) is 243 cm³/mol. The highest BCUT2D eigenvalue weighted by Gasteiger charge is 2.59. The molecule has 11 aliphatic rings. The summed E-state index contributed by atoms with van der Waals surface area (Å²) in [5.74, 6) is 24.1. The van der Waals surface area contributed by atoms with Gasteiger partial charge >= 0.3 is 0 Å². The third-order valence-electron chi connectivity index (χ3n) is 23.1. The first-order chi connectivity index (χ1) is 27.6. The summed E-state index contributed by atoms with van der Waals surface area (Å²) in [7, 11) is 0. The third-order valence-corrected chi connectivity index (χ3v) is 23.1. The minimum absolute atomic E-state index is 0. The van der Waals surface area contributed by atoms with Gasteiger partial charge in [0.1, 0.15) is 0 Å². The van der Waals surface area contributed by atoms with Crippen LogP contribution >= 0.6 is 0 Å². The van der Waals surface area contributed by atoms with Crippen LogP contribution in [0.2, 0.25) is 0 Å². The molecule has 0 saturated heterocycles. The van der Waals surface area contributed by atoms with Crippen molar-refractivity contribution in [1.29, 1.82) is 0 Å². The lowest BCUT2D eigenvalue weighted by Crippen LogP contribution is -2.51. The highest BCUT2D eigenvalue weighted by Crippen LogP contribution is 2.67. The fraction of sp³-hybridized carbons (Fsp3) is 0.965. The summed E-state index contributed by atoms with van der Waals surface area (Å²) >= 11 is 0. The molecule has 0 amide bonds. The Balaban J connectivity index is 0.00000396. The summed E-state index contributed by atoms with van der Waals surface area (Å²) < 4.78 is 0. The summed E-state index contributed by atoms with van der Waals surface area (Å²) in [6.07, 6.45) is 53.2. The smallest absolute Gasteiger partial charge is 0.0312 e. The molecule has 0 heteroatoms. The molecule has 22 unspecified atom stereocenters. The molecule has 0 nitrogen and oxygen atoms in total. The Bertz CT molecular complexity index is 1330. The maximum absolute atomic E-state index is 2.73. The van der Waals surface area contributed by atoms with E-state index < -0.39 is 0 Å². The van der Waals surface area contributed by atoms with Crippen molar-refractivity contribution in [2.24, 2.45) is 130 Å². The largest absolute Gasteiger partial charge is 0.0882 e. The molecule has 0 bridgehead atoms. The van der Waals surface area contributed by atoms with E-state index in [2.05, 4.69) is 26.0 Å². The standard InChI is InChI=1S/C56H90.CH4/c1-3-12-45-35(2)25-29-46(45)40-19-9-17-38(31-40)39-18-10-20-43(32-39)55-48-22-7-6-21-47(48)54(49-23-11-24-50(49)55)42-14-5-4-13-41(33-42)52-34-44-27-26-36-15-8-16-37-28-30-51(52)56(44)53(36)37;/h6-7,35-56H,3-5,8-34H2,1-2H3;1H4. The molecule has 322 valence electrons. The Morgan fingerprint density at radius 1 is 0.351 bits per heavy atom. The monoisotopic (exact) mass is 779 g/mol. The van der Waals surface area contributed by atoms with Crippen LogP contribution in [0.1, 0.15) is 214 Å². The SMILES string of the molecule is C.CCCC1C(C)CCC1C1CCCC(C2CCCC(C3C4CC=CCC4C(C4CCCCC(C5CC6CCC7CCCC8CCC5C6C78)C4)C4CCCC43)C2)C1. The van der Waals surface area contributed by atoms with E-state index in [1.807, 2.05) is 0 Å². The molecule has 0 heterocycles. The van der Waals surface area contributed by atoms with Crippen LogP contribution in [0.25, 0.3) is 0 Å². The summed E-state index contributed by atoms with van der Waals surface area (Å²) in [6.45, 7) is 5.08. The quantitative estimate of drug-likeness (QED) is 0.178. The van der Waals surface area contributed by atoms with Crippen LogP contribution in [0.15, 0.2) is 12.2 Å². The molecule has 0 aliphatic heterocycles. The topological polar surface area (TPSA) is 0 Å². The summed E-state index contributed by atoms with van der Waals surface area (Å²) in [5.41, 5.74) is 0. The molecule has 10 saturated carbocycles. The number of fused-ring (bicyclic) bond motifs is 2. The van der Waals surface area contributed by atoms with Gasteiger partial charge in [0.25, 0.3) is 0 Å². The lowest BCUT2D eigenvalue weighted by atomic mass is 9.48. The van der Waals surface area contributed by atoms with Gasteiger partial charge in [0.05, 0.1) is 0 Å². The third kappa shape index (κ3) is 7.38. The van der Waals surface area contributed by atoms with E-state index in [1.54, 1.807) is 161 Å². The zero-order chi connectivity index (χ0) is 37.3. The van der Waals surface area contributed by atoms with Gasteiger partial charge < -0.3 is 0 Å². The molecular formula is C57H94. The lowest BCUT2D eigenvalue weighted by Gasteiger charge is -2.57. The molecule has 0 N–H and O–H groups in total. The Labute approximate surface area is 354 Å². The molecule has 0 aromatic heterocycles. The number of hydrogen-bond acceptors (Lipinski definition) is 0. The molecular weight excluding hydrogens is 685 g/mol. The summed E-state index contributed by atoms with van der Waals surface area (Å²) in [5, 5.41) is 0. The van der Waals surface area contributed by atoms with E-state index in [9.17, 15) is 0 Å². The molecule has 11 rings (SSSR count). The first-order valence-corrected chi connectivity index (χ1v) is 27.3. The average molecular weight is 779 g/mol. The van der Waals surface area contributed by atoms with Crippen LogP contribution in [0.4, 0.5) is 0 Å². The van der Waals surface area contributed by atoms with Gasteiger partial charge in [0.2, 0.25) is 0 Å². The number of hydrogen-bond donors (Lipinski definition) is 0. The Morgan fingerprint density at radius 3 is 1.49 bits per heavy atom. The molecule has 0 aromatic carbocycles. The van der Waals surface area contributed by atoms with Gasteiger partial charge in [-0.2, -0.15) is 0 Å². The normalized spacial score (nSPS) is 54.6. The predicted octanol–water partition coefficient (Wildman–Crippen LogP) is 16.6. The first kappa shape index (κ1) is 40.8. The van der Waals surface area contributed by atoms with Gasteiger partial charge in [-0.05, 0) is 214 Å².